The average Bonchev–Trinajstić information content (AvgIpc) is 3.16. The van der Waals surface area contributed by atoms with Crippen LogP contribution in [0.2, 0.25) is 0 Å². The molecule has 0 N–H and O–H groups in total. The summed E-state index contributed by atoms with van der Waals surface area (Å²) in [5.41, 5.74) is 1.16. The van der Waals surface area contributed by atoms with E-state index in [0.717, 1.165) is 64.6 Å². The predicted molar refractivity (Wildman–Crippen MR) is 214 cm³/mol. The second-order valence-electron chi connectivity index (χ2n) is 12.0. The van der Waals surface area contributed by atoms with Crippen molar-refractivity contribution in [2.24, 2.45) is 0 Å². The highest BCUT2D eigenvalue weighted by Gasteiger charge is 2.28. The van der Waals surface area contributed by atoms with Gasteiger partial charge in [0.15, 0.2) is 11.5 Å². The van der Waals surface area contributed by atoms with E-state index in [9.17, 15) is 0 Å². The fraction of sp³-hybridized carbons (Fsp3) is 0.190. The zero-order valence-corrected chi connectivity index (χ0v) is 31.6. The van der Waals surface area contributed by atoms with Crippen LogP contribution >= 0.6 is 23.2 Å². The largest absolute Gasteiger partial charge is 0.496 e. The number of ether oxygens (including phenoxy) is 8. The molecule has 0 amide bonds. The molecule has 7 aromatic rings. The maximum absolute atomic E-state index is 6.66. The van der Waals surface area contributed by atoms with Gasteiger partial charge in [0, 0.05) is 85.8 Å². The number of benzene rings is 7. The Kier molecular flexibility index (Phi) is 8.93. The van der Waals surface area contributed by atoms with E-state index < -0.39 is 0 Å². The molecular formula is C42H36Cl2O8. The van der Waals surface area contributed by atoms with Crippen LogP contribution in [0.1, 0.15) is 11.1 Å². The van der Waals surface area contributed by atoms with Gasteiger partial charge in [-0.2, -0.15) is 0 Å². The van der Waals surface area contributed by atoms with Gasteiger partial charge in [-0.1, -0.05) is 36.4 Å². The zero-order chi connectivity index (χ0) is 37.2. The Morgan fingerprint density at radius 3 is 0.942 bits per heavy atom. The summed E-state index contributed by atoms with van der Waals surface area (Å²) in [4.78, 5) is 0. The molecule has 0 fully saturated rings. The molecule has 52 heavy (non-hydrogen) atoms. The quantitative estimate of drug-likeness (QED) is 0.128. The van der Waals surface area contributed by atoms with Gasteiger partial charge in [-0.05, 0) is 48.5 Å². The molecule has 0 aromatic heterocycles. The zero-order valence-electron chi connectivity index (χ0n) is 30.1. The van der Waals surface area contributed by atoms with Crippen LogP contribution < -0.4 is 37.9 Å². The molecule has 0 aliphatic heterocycles. The summed E-state index contributed by atoms with van der Waals surface area (Å²) in [5.74, 6) is 4.46. The van der Waals surface area contributed by atoms with E-state index in [1.807, 2.05) is 48.5 Å². The van der Waals surface area contributed by atoms with Crippen LogP contribution in [-0.4, -0.2) is 56.9 Å². The summed E-state index contributed by atoms with van der Waals surface area (Å²) in [7, 11) is 13.0. The summed E-state index contributed by atoms with van der Waals surface area (Å²) in [6.45, 7) is 8.11. The van der Waals surface area contributed by atoms with Crippen molar-refractivity contribution in [3.05, 3.63) is 72.8 Å². The first-order valence-electron chi connectivity index (χ1n) is 16.1. The second kappa shape index (κ2) is 13.3. The van der Waals surface area contributed by atoms with Crippen LogP contribution in [0.4, 0.5) is 0 Å². The lowest BCUT2D eigenvalue weighted by Gasteiger charge is -2.23. The SMILES string of the molecule is C=C(Cl)c1cc(OC)c2cc(OC)c3ccc4c(OC)c(OC)c5ccc6c(OC)cc7c(OC)cc(C(=C)Cl)c(OC)c7c6c5c4c3c2c1OC. The van der Waals surface area contributed by atoms with Gasteiger partial charge < -0.3 is 37.9 Å². The van der Waals surface area contributed by atoms with Crippen LogP contribution in [0.25, 0.3) is 74.7 Å². The van der Waals surface area contributed by atoms with E-state index in [1.165, 1.54) is 0 Å². The van der Waals surface area contributed by atoms with Crippen LogP contribution in [-0.2, 0) is 0 Å². The van der Waals surface area contributed by atoms with E-state index in [0.29, 0.717) is 57.1 Å². The molecule has 0 radical (unpaired) electrons. The molecule has 7 aromatic carbocycles. The van der Waals surface area contributed by atoms with Gasteiger partial charge in [0.1, 0.15) is 34.5 Å². The molecule has 266 valence electrons. The topological polar surface area (TPSA) is 73.8 Å². The third-order valence-electron chi connectivity index (χ3n) is 9.78. The molecule has 0 bridgehead atoms. The van der Waals surface area contributed by atoms with Crippen molar-refractivity contribution in [1.29, 1.82) is 0 Å². The maximum Gasteiger partial charge on any atom is 0.169 e. The monoisotopic (exact) mass is 738 g/mol. The third kappa shape index (κ3) is 4.81. The standard InChI is InChI=1S/C42H36Cl2O8/c1-19(43)25-15-31(47-5)27-17-29(45-3)21-11-13-23-35(33(21)37(27)39(25)49-7)36-24(42(52-10)41(23)51-9)14-12-22-30(46-4)18-28-32(48-6)16-26(20(2)44)40(50-8)38(28)34(22)36/h11-18H,1-2H2,3-10H3. The number of rotatable bonds is 10. The van der Waals surface area contributed by atoms with Gasteiger partial charge in [-0.25, -0.2) is 0 Å². The van der Waals surface area contributed by atoms with Crippen molar-refractivity contribution >= 4 is 97.9 Å². The lowest BCUT2D eigenvalue weighted by atomic mass is 9.86. The smallest absolute Gasteiger partial charge is 0.169 e. The number of hydrogen-bond donors (Lipinski definition) is 0. The molecular weight excluding hydrogens is 703 g/mol. The van der Waals surface area contributed by atoms with Crippen molar-refractivity contribution in [2.45, 2.75) is 0 Å². The molecule has 0 spiro atoms. The van der Waals surface area contributed by atoms with Crippen molar-refractivity contribution in [2.75, 3.05) is 56.9 Å². The van der Waals surface area contributed by atoms with Gasteiger partial charge >= 0.3 is 0 Å². The fourth-order valence-electron chi connectivity index (χ4n) is 7.70. The number of hydrogen-bond acceptors (Lipinski definition) is 8. The highest BCUT2D eigenvalue weighted by molar-refractivity contribution is 6.50. The fourth-order valence-corrected chi connectivity index (χ4v) is 7.98. The summed E-state index contributed by atoms with van der Waals surface area (Å²) in [6.07, 6.45) is 0. The van der Waals surface area contributed by atoms with Crippen molar-refractivity contribution in [1.82, 2.24) is 0 Å². The van der Waals surface area contributed by atoms with Crippen molar-refractivity contribution in [3.63, 3.8) is 0 Å². The number of halogens is 2. The van der Waals surface area contributed by atoms with Gasteiger partial charge in [-0.15, -0.1) is 0 Å². The Morgan fingerprint density at radius 1 is 0.365 bits per heavy atom. The minimum Gasteiger partial charge on any atom is -0.496 e. The van der Waals surface area contributed by atoms with Crippen LogP contribution in [0.5, 0.6) is 46.0 Å². The number of methoxy groups -OCH3 is 8. The summed E-state index contributed by atoms with van der Waals surface area (Å²) >= 11 is 13.3. The minimum absolute atomic E-state index is 0.289. The first kappa shape index (κ1) is 35.0. The van der Waals surface area contributed by atoms with E-state index in [1.54, 1.807) is 56.9 Å². The molecule has 7 rings (SSSR count). The molecule has 0 saturated heterocycles. The third-order valence-corrected chi connectivity index (χ3v) is 10.2. The Hall–Kier alpha value is -5.44. The number of fused-ring (bicyclic) bond motifs is 11. The van der Waals surface area contributed by atoms with Crippen molar-refractivity contribution in [3.8, 4) is 46.0 Å². The lowest BCUT2D eigenvalue weighted by molar-refractivity contribution is 0.362. The molecule has 0 aliphatic rings. The van der Waals surface area contributed by atoms with Crippen LogP contribution in [0, 0.1) is 0 Å². The van der Waals surface area contributed by atoms with Gasteiger partial charge in [0.25, 0.3) is 0 Å². The van der Waals surface area contributed by atoms with E-state index in [-0.39, 0.29) is 10.1 Å². The van der Waals surface area contributed by atoms with Gasteiger partial charge in [0.05, 0.1) is 56.9 Å². The highest BCUT2D eigenvalue weighted by Crippen LogP contribution is 2.56. The van der Waals surface area contributed by atoms with Crippen LogP contribution in [0.3, 0.4) is 0 Å². The van der Waals surface area contributed by atoms with E-state index in [4.69, 9.17) is 61.1 Å². The first-order valence-corrected chi connectivity index (χ1v) is 16.9. The molecule has 0 unspecified atom stereocenters. The first-order chi connectivity index (χ1) is 25.1. The van der Waals surface area contributed by atoms with Gasteiger partial charge in [-0.3, -0.25) is 0 Å². The lowest BCUT2D eigenvalue weighted by Crippen LogP contribution is -2.00. The Bertz CT molecular complexity index is 2500. The molecule has 8 nitrogen and oxygen atoms in total. The Balaban J connectivity index is 2.00. The van der Waals surface area contributed by atoms with Crippen molar-refractivity contribution < 1.29 is 37.9 Å². The predicted octanol–water partition coefficient (Wildman–Crippen LogP) is 11.1. The molecule has 0 saturated carbocycles. The molecule has 0 atom stereocenters. The molecule has 0 heterocycles. The Labute approximate surface area is 310 Å². The van der Waals surface area contributed by atoms with E-state index in [2.05, 4.69) is 13.2 Å². The van der Waals surface area contributed by atoms with Crippen LogP contribution in [0.15, 0.2) is 61.7 Å². The summed E-state index contributed by atoms with van der Waals surface area (Å²) in [5, 5.41) is 9.85. The summed E-state index contributed by atoms with van der Waals surface area (Å²) in [6, 6.07) is 15.5. The normalized spacial score (nSPS) is 11.4. The molecule has 10 heteroatoms. The Morgan fingerprint density at radius 2 is 0.654 bits per heavy atom. The minimum atomic E-state index is 0.289. The second-order valence-corrected chi connectivity index (χ2v) is 12.9. The van der Waals surface area contributed by atoms with E-state index >= 15 is 0 Å². The summed E-state index contributed by atoms with van der Waals surface area (Å²) < 4.78 is 48.8. The van der Waals surface area contributed by atoms with Gasteiger partial charge in [0.2, 0.25) is 0 Å². The highest BCUT2D eigenvalue weighted by atomic mass is 35.5. The maximum atomic E-state index is 6.66. The molecule has 0 aliphatic carbocycles. The average molecular weight is 740 g/mol.